The topological polar surface area (TPSA) is 68.8 Å². The first-order valence-electron chi connectivity index (χ1n) is 9.78. The first-order chi connectivity index (χ1) is 12.6. The molecule has 0 radical (unpaired) electrons. The molecular formula is C19H28N6O. The molecule has 1 fully saturated rings. The Balaban J connectivity index is 1.51. The lowest BCUT2D eigenvalue weighted by atomic mass is 9.82. The molecule has 0 saturated heterocycles. The van der Waals surface area contributed by atoms with Crippen molar-refractivity contribution in [2.45, 2.75) is 65.6 Å². The highest BCUT2D eigenvalue weighted by atomic mass is 16.2. The SMILES string of the molecule is Cc1cnnn1Cc1ncn2c1CN(C(=O)C1CCC(C)CC1)CCC2. The third-order valence-electron chi connectivity index (χ3n) is 5.99. The maximum absolute atomic E-state index is 13.1. The molecule has 3 heterocycles. The Morgan fingerprint density at radius 1 is 1.23 bits per heavy atom. The number of carbonyl (C=O) groups excluding carboxylic acids is 1. The zero-order chi connectivity index (χ0) is 18.1. The van der Waals surface area contributed by atoms with Crippen LogP contribution in [0.2, 0.25) is 0 Å². The van der Waals surface area contributed by atoms with Crippen molar-refractivity contribution in [1.29, 1.82) is 0 Å². The van der Waals surface area contributed by atoms with E-state index < -0.39 is 0 Å². The van der Waals surface area contributed by atoms with Crippen molar-refractivity contribution >= 4 is 5.91 Å². The average Bonchev–Trinajstić information content (AvgIpc) is 3.14. The molecule has 0 N–H and O–H groups in total. The van der Waals surface area contributed by atoms with Gasteiger partial charge in [0.1, 0.15) is 0 Å². The van der Waals surface area contributed by atoms with Gasteiger partial charge in [-0.25, -0.2) is 9.67 Å². The molecule has 0 spiro atoms. The molecule has 4 rings (SSSR count). The molecule has 0 bridgehead atoms. The first kappa shape index (κ1) is 17.2. The number of nitrogens with zero attached hydrogens (tertiary/aromatic N) is 6. The van der Waals surface area contributed by atoms with Crippen LogP contribution in [0.4, 0.5) is 0 Å². The normalized spacial score (nSPS) is 23.5. The van der Waals surface area contributed by atoms with Gasteiger partial charge in [-0.2, -0.15) is 0 Å². The second kappa shape index (κ2) is 7.21. The molecule has 7 nitrogen and oxygen atoms in total. The molecule has 1 saturated carbocycles. The lowest BCUT2D eigenvalue weighted by Gasteiger charge is -2.30. The first-order valence-corrected chi connectivity index (χ1v) is 9.78. The fourth-order valence-electron chi connectivity index (χ4n) is 4.21. The fourth-order valence-corrected chi connectivity index (χ4v) is 4.21. The van der Waals surface area contributed by atoms with Gasteiger partial charge in [0.25, 0.3) is 0 Å². The van der Waals surface area contributed by atoms with Gasteiger partial charge >= 0.3 is 0 Å². The third kappa shape index (κ3) is 3.39. The van der Waals surface area contributed by atoms with Gasteiger partial charge in [-0.3, -0.25) is 4.79 Å². The van der Waals surface area contributed by atoms with Crippen LogP contribution in [0.5, 0.6) is 0 Å². The van der Waals surface area contributed by atoms with Gasteiger partial charge in [0, 0.05) is 19.0 Å². The molecule has 0 unspecified atom stereocenters. The largest absolute Gasteiger partial charge is 0.336 e. The summed E-state index contributed by atoms with van der Waals surface area (Å²) in [4.78, 5) is 19.8. The van der Waals surface area contributed by atoms with E-state index in [1.165, 1.54) is 12.8 Å². The average molecular weight is 356 g/mol. The van der Waals surface area contributed by atoms with E-state index >= 15 is 0 Å². The van der Waals surface area contributed by atoms with E-state index in [9.17, 15) is 4.79 Å². The molecule has 2 aliphatic rings. The van der Waals surface area contributed by atoms with Crippen LogP contribution in [0.1, 0.15) is 56.1 Å². The quantitative estimate of drug-likeness (QED) is 0.847. The molecule has 140 valence electrons. The molecule has 1 aliphatic carbocycles. The minimum atomic E-state index is 0.210. The maximum atomic E-state index is 13.1. The monoisotopic (exact) mass is 356 g/mol. The number of carbonyl (C=O) groups is 1. The van der Waals surface area contributed by atoms with Crippen molar-refractivity contribution in [3.63, 3.8) is 0 Å². The zero-order valence-corrected chi connectivity index (χ0v) is 15.8. The van der Waals surface area contributed by atoms with Crippen molar-refractivity contribution in [1.82, 2.24) is 29.4 Å². The second-order valence-electron chi connectivity index (χ2n) is 7.93. The summed E-state index contributed by atoms with van der Waals surface area (Å²) in [7, 11) is 0. The summed E-state index contributed by atoms with van der Waals surface area (Å²) in [5.41, 5.74) is 3.16. The van der Waals surface area contributed by atoms with Crippen LogP contribution in [0, 0.1) is 18.8 Å². The fraction of sp³-hybridized carbons (Fsp3) is 0.684. The van der Waals surface area contributed by atoms with E-state index in [0.717, 1.165) is 55.4 Å². The van der Waals surface area contributed by atoms with Crippen LogP contribution in [0.15, 0.2) is 12.5 Å². The summed E-state index contributed by atoms with van der Waals surface area (Å²) in [6.45, 7) is 7.32. The summed E-state index contributed by atoms with van der Waals surface area (Å²) >= 11 is 0. The van der Waals surface area contributed by atoms with Gasteiger partial charge in [0.15, 0.2) is 0 Å². The summed E-state index contributed by atoms with van der Waals surface area (Å²) in [5, 5.41) is 8.09. The number of hydrogen-bond acceptors (Lipinski definition) is 4. The van der Waals surface area contributed by atoms with E-state index in [2.05, 4.69) is 31.7 Å². The summed E-state index contributed by atoms with van der Waals surface area (Å²) < 4.78 is 4.07. The van der Waals surface area contributed by atoms with Crippen molar-refractivity contribution in [3.05, 3.63) is 29.6 Å². The molecule has 0 atom stereocenters. The predicted molar refractivity (Wildman–Crippen MR) is 97.2 cm³/mol. The van der Waals surface area contributed by atoms with Gasteiger partial charge in [0.2, 0.25) is 5.91 Å². The molecule has 2 aromatic heterocycles. The summed E-state index contributed by atoms with van der Waals surface area (Å²) in [6.07, 6.45) is 9.10. The minimum absolute atomic E-state index is 0.210. The summed E-state index contributed by atoms with van der Waals surface area (Å²) in [6, 6.07) is 0. The van der Waals surface area contributed by atoms with E-state index in [1.807, 2.05) is 17.9 Å². The minimum Gasteiger partial charge on any atom is -0.336 e. The third-order valence-corrected chi connectivity index (χ3v) is 5.99. The lowest BCUT2D eigenvalue weighted by Crippen LogP contribution is -2.37. The number of rotatable bonds is 3. The number of imidazole rings is 1. The molecule has 1 aliphatic heterocycles. The van der Waals surface area contributed by atoms with E-state index in [1.54, 1.807) is 6.20 Å². The lowest BCUT2D eigenvalue weighted by molar-refractivity contribution is -0.137. The van der Waals surface area contributed by atoms with Crippen molar-refractivity contribution in [2.24, 2.45) is 11.8 Å². The highest BCUT2D eigenvalue weighted by molar-refractivity contribution is 5.79. The number of amides is 1. The van der Waals surface area contributed by atoms with Gasteiger partial charge < -0.3 is 9.47 Å². The standard InChI is InChI=1S/C19H28N6O/c1-14-4-6-16(7-5-14)19(26)23-8-3-9-24-13-20-17(18(24)12-23)11-25-15(2)10-21-22-25/h10,13-14,16H,3-9,11-12H2,1-2H3. The number of hydrogen-bond donors (Lipinski definition) is 0. The molecule has 2 aromatic rings. The zero-order valence-electron chi connectivity index (χ0n) is 15.8. The van der Waals surface area contributed by atoms with Crippen molar-refractivity contribution in [2.75, 3.05) is 6.54 Å². The maximum Gasteiger partial charge on any atom is 0.226 e. The van der Waals surface area contributed by atoms with E-state index in [-0.39, 0.29) is 5.92 Å². The Morgan fingerprint density at radius 2 is 2.04 bits per heavy atom. The number of aromatic nitrogens is 5. The van der Waals surface area contributed by atoms with Crippen molar-refractivity contribution in [3.8, 4) is 0 Å². The van der Waals surface area contributed by atoms with Gasteiger partial charge in [-0.05, 0) is 44.9 Å². The number of fused-ring (bicyclic) bond motifs is 1. The Morgan fingerprint density at radius 3 is 2.77 bits per heavy atom. The molecule has 7 heteroatoms. The molecule has 1 amide bonds. The Kier molecular flexibility index (Phi) is 4.78. The predicted octanol–water partition coefficient (Wildman–Crippen LogP) is 2.39. The molecule has 26 heavy (non-hydrogen) atoms. The van der Waals surface area contributed by atoms with E-state index in [4.69, 9.17) is 0 Å². The summed E-state index contributed by atoms with van der Waals surface area (Å²) in [5.74, 6) is 1.32. The van der Waals surface area contributed by atoms with Crippen LogP contribution in [0.25, 0.3) is 0 Å². The number of aryl methyl sites for hydroxylation is 2. The Hall–Kier alpha value is -2.18. The molecular weight excluding hydrogens is 328 g/mol. The van der Waals surface area contributed by atoms with Crippen LogP contribution in [0.3, 0.4) is 0 Å². The highest BCUT2D eigenvalue weighted by Crippen LogP contribution is 2.30. The second-order valence-corrected chi connectivity index (χ2v) is 7.93. The smallest absolute Gasteiger partial charge is 0.226 e. The van der Waals surface area contributed by atoms with Crippen LogP contribution in [-0.4, -0.2) is 41.9 Å². The van der Waals surface area contributed by atoms with Crippen molar-refractivity contribution < 1.29 is 4.79 Å². The van der Waals surface area contributed by atoms with Crippen LogP contribution < -0.4 is 0 Å². The van der Waals surface area contributed by atoms with Gasteiger partial charge in [-0.1, -0.05) is 12.1 Å². The van der Waals surface area contributed by atoms with Crippen LogP contribution in [-0.2, 0) is 24.4 Å². The van der Waals surface area contributed by atoms with Crippen LogP contribution >= 0.6 is 0 Å². The Labute approximate surface area is 154 Å². The van der Waals surface area contributed by atoms with Gasteiger partial charge in [-0.15, -0.1) is 5.10 Å². The van der Waals surface area contributed by atoms with Gasteiger partial charge in [0.05, 0.1) is 42.7 Å². The Bertz CT molecular complexity index is 771. The highest BCUT2D eigenvalue weighted by Gasteiger charge is 2.30. The molecule has 0 aromatic carbocycles. The van der Waals surface area contributed by atoms with E-state index in [0.29, 0.717) is 19.0 Å².